The van der Waals surface area contributed by atoms with Crippen molar-refractivity contribution in [2.75, 3.05) is 17.4 Å². The molecule has 0 atom stereocenters. The Balaban J connectivity index is 2.36. The largest absolute Gasteiger partial charge is 0.327 e. The fraction of sp³-hybridized carbons (Fsp3) is 0.462. The minimum Gasteiger partial charge on any atom is -0.327 e. The van der Waals surface area contributed by atoms with E-state index in [1.54, 1.807) is 6.92 Å². The molecule has 0 spiro atoms. The minimum absolute atomic E-state index is 0.138. The molecule has 1 heterocycles. The molecule has 19 heavy (non-hydrogen) atoms. The first kappa shape index (κ1) is 14.3. The Kier molecular flexibility index (Phi) is 4.47. The molecule has 1 aromatic heterocycles. The number of aromatic nitrogens is 2. The van der Waals surface area contributed by atoms with Crippen LogP contribution in [0.4, 0.5) is 0 Å². The van der Waals surface area contributed by atoms with Gasteiger partial charge >= 0.3 is 0 Å². The first-order valence-electron chi connectivity index (χ1n) is 6.28. The maximum Gasteiger partial charge on any atom is 0.151 e. The summed E-state index contributed by atoms with van der Waals surface area (Å²) in [4.78, 5) is 4.51. The normalized spacial score (nSPS) is 12.1. The van der Waals surface area contributed by atoms with Gasteiger partial charge in [-0.25, -0.2) is 13.4 Å². The van der Waals surface area contributed by atoms with Gasteiger partial charge in [-0.3, -0.25) is 0 Å². The molecule has 0 aliphatic heterocycles. The van der Waals surface area contributed by atoms with Gasteiger partial charge in [-0.05, 0) is 12.1 Å². The van der Waals surface area contributed by atoms with E-state index >= 15 is 0 Å². The second-order valence-corrected chi connectivity index (χ2v) is 7.19. The highest BCUT2D eigenvalue weighted by atomic mass is 35.5. The third-order valence-electron chi connectivity index (χ3n) is 3.12. The van der Waals surface area contributed by atoms with Gasteiger partial charge in [0.25, 0.3) is 0 Å². The van der Waals surface area contributed by atoms with Crippen LogP contribution in [0.3, 0.4) is 0 Å². The highest BCUT2D eigenvalue weighted by Crippen LogP contribution is 2.17. The highest BCUT2D eigenvalue weighted by molar-refractivity contribution is 7.91. The van der Waals surface area contributed by atoms with E-state index in [1.165, 1.54) is 0 Å². The molecule has 4 nitrogen and oxygen atoms in total. The number of aryl methyl sites for hydroxylation is 2. The van der Waals surface area contributed by atoms with Gasteiger partial charge in [0.1, 0.15) is 5.82 Å². The van der Waals surface area contributed by atoms with Crippen molar-refractivity contribution in [3.63, 3.8) is 0 Å². The molecule has 0 aliphatic carbocycles. The van der Waals surface area contributed by atoms with Crippen molar-refractivity contribution in [2.24, 2.45) is 0 Å². The third kappa shape index (κ3) is 3.28. The molecule has 0 unspecified atom stereocenters. The maximum atomic E-state index is 11.6. The van der Waals surface area contributed by atoms with Crippen LogP contribution in [-0.4, -0.2) is 35.4 Å². The lowest BCUT2D eigenvalue weighted by molar-refractivity contribution is 0.589. The second kappa shape index (κ2) is 5.92. The number of rotatable bonds is 6. The summed E-state index contributed by atoms with van der Waals surface area (Å²) >= 11 is 5.78. The topological polar surface area (TPSA) is 52.0 Å². The van der Waals surface area contributed by atoms with Crippen molar-refractivity contribution in [1.29, 1.82) is 0 Å². The number of para-hydroxylation sites is 2. The van der Waals surface area contributed by atoms with E-state index in [0.717, 1.165) is 16.9 Å². The lowest BCUT2D eigenvalue weighted by Gasteiger charge is -2.08. The molecule has 0 fully saturated rings. The van der Waals surface area contributed by atoms with Crippen LogP contribution in [-0.2, 0) is 22.8 Å². The van der Waals surface area contributed by atoms with Crippen molar-refractivity contribution in [3.05, 3.63) is 30.1 Å². The van der Waals surface area contributed by atoms with E-state index in [0.29, 0.717) is 18.8 Å². The van der Waals surface area contributed by atoms with Crippen LogP contribution in [0.1, 0.15) is 12.7 Å². The fourth-order valence-electron chi connectivity index (χ4n) is 2.02. The maximum absolute atomic E-state index is 11.6. The van der Waals surface area contributed by atoms with Gasteiger partial charge in [-0.2, -0.15) is 0 Å². The van der Waals surface area contributed by atoms with Crippen molar-refractivity contribution in [3.8, 4) is 0 Å². The summed E-state index contributed by atoms with van der Waals surface area (Å²) in [6.07, 6.45) is 0.641. The molecule has 0 N–H and O–H groups in total. The molecular formula is C13H17ClN2O2S. The fourth-order valence-corrected chi connectivity index (χ4v) is 2.94. The molecule has 0 saturated heterocycles. The van der Waals surface area contributed by atoms with E-state index in [-0.39, 0.29) is 11.5 Å². The summed E-state index contributed by atoms with van der Waals surface area (Å²) < 4.78 is 25.2. The number of imidazole rings is 1. The van der Waals surface area contributed by atoms with Gasteiger partial charge in [-0.15, -0.1) is 11.6 Å². The Morgan fingerprint density at radius 1 is 1.32 bits per heavy atom. The first-order chi connectivity index (χ1) is 9.07. The van der Waals surface area contributed by atoms with Crippen LogP contribution in [0, 0.1) is 0 Å². The van der Waals surface area contributed by atoms with Gasteiger partial charge in [-0.1, -0.05) is 19.1 Å². The second-order valence-electron chi connectivity index (χ2n) is 4.34. The lowest BCUT2D eigenvalue weighted by Crippen LogP contribution is -2.16. The smallest absolute Gasteiger partial charge is 0.151 e. The first-order valence-corrected chi connectivity index (χ1v) is 8.63. The van der Waals surface area contributed by atoms with Crippen LogP contribution >= 0.6 is 11.6 Å². The number of hydrogen-bond acceptors (Lipinski definition) is 3. The predicted molar refractivity (Wildman–Crippen MR) is 78.5 cm³/mol. The van der Waals surface area contributed by atoms with Crippen molar-refractivity contribution < 1.29 is 8.42 Å². The molecule has 1 aromatic carbocycles. The Labute approximate surface area is 118 Å². The molecule has 104 valence electrons. The van der Waals surface area contributed by atoms with E-state index in [9.17, 15) is 8.42 Å². The Bertz CT molecular complexity index is 664. The van der Waals surface area contributed by atoms with Crippen LogP contribution in [0.25, 0.3) is 11.0 Å². The number of fused-ring (bicyclic) bond motifs is 1. The van der Waals surface area contributed by atoms with Gasteiger partial charge in [0.2, 0.25) is 0 Å². The Hall–Kier alpha value is -1.07. The Morgan fingerprint density at radius 3 is 2.74 bits per heavy atom. The molecule has 0 aliphatic rings. The molecule has 0 saturated carbocycles. The van der Waals surface area contributed by atoms with Crippen molar-refractivity contribution in [2.45, 2.75) is 19.9 Å². The van der Waals surface area contributed by atoms with Gasteiger partial charge < -0.3 is 4.57 Å². The molecule has 0 bridgehead atoms. The molecule has 0 radical (unpaired) electrons. The average Bonchev–Trinajstić information content (AvgIpc) is 2.74. The highest BCUT2D eigenvalue weighted by Gasteiger charge is 2.13. The number of alkyl halides is 1. The van der Waals surface area contributed by atoms with E-state index in [4.69, 9.17) is 11.6 Å². The number of sulfone groups is 1. The van der Waals surface area contributed by atoms with E-state index in [1.807, 2.05) is 28.8 Å². The minimum atomic E-state index is -2.98. The Morgan fingerprint density at radius 2 is 2.05 bits per heavy atom. The summed E-state index contributed by atoms with van der Waals surface area (Å²) in [5.41, 5.74) is 1.85. The van der Waals surface area contributed by atoms with Crippen LogP contribution in [0.5, 0.6) is 0 Å². The third-order valence-corrected chi connectivity index (χ3v) is 4.99. The van der Waals surface area contributed by atoms with Crippen LogP contribution < -0.4 is 0 Å². The molecular weight excluding hydrogens is 284 g/mol. The quantitative estimate of drug-likeness (QED) is 0.769. The molecule has 0 amide bonds. The van der Waals surface area contributed by atoms with Gasteiger partial charge in [0.15, 0.2) is 9.84 Å². The standard InChI is InChI=1S/C13H17ClN2O2S/c1-2-19(17,18)10-9-16-12-6-4-3-5-11(12)15-13(16)7-8-14/h3-6H,2,7-10H2,1H3. The number of nitrogens with zero attached hydrogens (tertiary/aromatic N) is 2. The van der Waals surface area contributed by atoms with Gasteiger partial charge in [0, 0.05) is 24.6 Å². The SMILES string of the molecule is CCS(=O)(=O)CCn1c(CCCl)nc2ccccc21. The summed E-state index contributed by atoms with van der Waals surface area (Å²) in [5, 5.41) is 0. The number of benzene rings is 1. The zero-order chi connectivity index (χ0) is 13.9. The van der Waals surface area contributed by atoms with Gasteiger partial charge in [0.05, 0.1) is 16.8 Å². The van der Waals surface area contributed by atoms with Crippen LogP contribution in [0.2, 0.25) is 0 Å². The summed E-state index contributed by atoms with van der Waals surface area (Å²) in [6.45, 7) is 2.10. The van der Waals surface area contributed by atoms with Crippen LogP contribution in [0.15, 0.2) is 24.3 Å². The zero-order valence-corrected chi connectivity index (χ0v) is 12.4. The van der Waals surface area contributed by atoms with Crippen molar-refractivity contribution >= 4 is 32.5 Å². The predicted octanol–water partition coefficient (Wildman–Crippen LogP) is 2.25. The number of halogens is 1. The average molecular weight is 301 g/mol. The lowest BCUT2D eigenvalue weighted by atomic mass is 10.3. The van der Waals surface area contributed by atoms with E-state index in [2.05, 4.69) is 4.98 Å². The van der Waals surface area contributed by atoms with Crippen molar-refractivity contribution in [1.82, 2.24) is 9.55 Å². The summed E-state index contributed by atoms with van der Waals surface area (Å²) in [5.74, 6) is 1.63. The summed E-state index contributed by atoms with van der Waals surface area (Å²) in [7, 11) is -2.98. The summed E-state index contributed by atoms with van der Waals surface area (Å²) in [6, 6.07) is 7.74. The molecule has 6 heteroatoms. The number of hydrogen-bond donors (Lipinski definition) is 0. The van der Waals surface area contributed by atoms with E-state index < -0.39 is 9.84 Å². The molecule has 2 aromatic rings. The monoisotopic (exact) mass is 300 g/mol. The molecule has 2 rings (SSSR count). The zero-order valence-electron chi connectivity index (χ0n) is 10.8.